The van der Waals surface area contributed by atoms with Crippen molar-refractivity contribution in [1.82, 2.24) is 5.32 Å². The summed E-state index contributed by atoms with van der Waals surface area (Å²) in [5.41, 5.74) is 1.15. The molecule has 0 saturated carbocycles. The Morgan fingerprint density at radius 3 is 2.94 bits per heavy atom. The third-order valence-corrected chi connectivity index (χ3v) is 3.39. The largest absolute Gasteiger partial charge is 0.508 e. The van der Waals surface area contributed by atoms with Crippen molar-refractivity contribution in [3.8, 4) is 11.5 Å². The average Bonchev–Trinajstić information content (AvgIpc) is 2.68. The molecular weight excluding hydrogens is 230 g/mol. The zero-order valence-electron chi connectivity index (χ0n) is 10.9. The van der Waals surface area contributed by atoms with Crippen molar-refractivity contribution in [2.24, 2.45) is 5.41 Å². The van der Waals surface area contributed by atoms with Gasteiger partial charge in [-0.15, -0.1) is 0 Å². The zero-order chi connectivity index (χ0) is 13.2. The van der Waals surface area contributed by atoms with Gasteiger partial charge in [-0.05, 0) is 24.0 Å². The number of hydrogen-bond donors (Lipinski definition) is 3. The molecule has 0 aromatic heterocycles. The number of ether oxygens (including phenoxy) is 1. The summed E-state index contributed by atoms with van der Waals surface area (Å²) in [5.74, 6) is 0.988. The molecule has 1 aromatic rings. The fraction of sp³-hybridized carbons (Fsp3) is 0.571. The van der Waals surface area contributed by atoms with E-state index in [1.165, 1.54) is 0 Å². The van der Waals surface area contributed by atoms with E-state index in [2.05, 4.69) is 19.2 Å². The van der Waals surface area contributed by atoms with Gasteiger partial charge in [-0.1, -0.05) is 13.8 Å². The summed E-state index contributed by atoms with van der Waals surface area (Å²) in [6.07, 6.45) is 0.774. The van der Waals surface area contributed by atoms with Gasteiger partial charge in [0, 0.05) is 24.8 Å². The lowest BCUT2D eigenvalue weighted by atomic mass is 9.89. The van der Waals surface area contributed by atoms with E-state index in [9.17, 15) is 5.11 Å². The fourth-order valence-corrected chi connectivity index (χ4v) is 2.16. The van der Waals surface area contributed by atoms with Crippen LogP contribution < -0.4 is 10.1 Å². The number of hydrogen-bond acceptors (Lipinski definition) is 4. The van der Waals surface area contributed by atoms with Crippen LogP contribution in [0.5, 0.6) is 11.5 Å². The van der Waals surface area contributed by atoms with E-state index in [1.807, 2.05) is 6.07 Å². The zero-order valence-corrected chi connectivity index (χ0v) is 10.9. The molecule has 0 fully saturated rings. The highest BCUT2D eigenvalue weighted by atomic mass is 16.5. The third-order valence-electron chi connectivity index (χ3n) is 3.39. The maximum Gasteiger partial charge on any atom is 0.127 e. The normalized spacial score (nSPS) is 18.5. The number of rotatable bonds is 5. The Labute approximate surface area is 108 Å². The average molecular weight is 251 g/mol. The quantitative estimate of drug-likeness (QED) is 0.747. The van der Waals surface area contributed by atoms with Crippen molar-refractivity contribution in [3.63, 3.8) is 0 Å². The fourth-order valence-electron chi connectivity index (χ4n) is 2.16. The van der Waals surface area contributed by atoms with Gasteiger partial charge in [0.15, 0.2) is 0 Å². The Bertz CT molecular complexity index is 418. The van der Waals surface area contributed by atoms with Gasteiger partial charge in [0.05, 0.1) is 6.04 Å². The minimum Gasteiger partial charge on any atom is -0.508 e. The van der Waals surface area contributed by atoms with E-state index in [-0.39, 0.29) is 23.8 Å². The van der Waals surface area contributed by atoms with Crippen molar-refractivity contribution in [1.29, 1.82) is 0 Å². The molecule has 2 rings (SSSR count). The number of benzene rings is 1. The van der Waals surface area contributed by atoms with Gasteiger partial charge in [0.25, 0.3) is 0 Å². The molecule has 3 N–H and O–H groups in total. The molecule has 1 atom stereocenters. The smallest absolute Gasteiger partial charge is 0.127 e. The van der Waals surface area contributed by atoms with Crippen LogP contribution in [-0.2, 0) is 0 Å². The molecule has 0 spiro atoms. The Balaban J connectivity index is 1.98. The highest BCUT2D eigenvalue weighted by Gasteiger charge is 2.26. The first-order valence-electron chi connectivity index (χ1n) is 6.32. The molecule has 0 amide bonds. The molecule has 4 heteroatoms. The summed E-state index contributed by atoms with van der Waals surface area (Å²) < 4.78 is 5.55. The number of aliphatic hydroxyl groups is 1. The van der Waals surface area contributed by atoms with Gasteiger partial charge in [-0.3, -0.25) is 0 Å². The second-order valence-corrected chi connectivity index (χ2v) is 5.60. The molecule has 4 nitrogen and oxygen atoms in total. The number of phenols is 1. The van der Waals surface area contributed by atoms with Crippen LogP contribution in [0.2, 0.25) is 0 Å². The van der Waals surface area contributed by atoms with E-state index in [0.717, 1.165) is 24.3 Å². The van der Waals surface area contributed by atoms with Gasteiger partial charge in [-0.2, -0.15) is 0 Å². The molecule has 1 aliphatic rings. The van der Waals surface area contributed by atoms with Gasteiger partial charge in [0.1, 0.15) is 18.1 Å². The first-order valence-corrected chi connectivity index (χ1v) is 6.32. The van der Waals surface area contributed by atoms with Crippen molar-refractivity contribution in [2.45, 2.75) is 26.3 Å². The Kier molecular flexibility index (Phi) is 3.78. The summed E-state index contributed by atoms with van der Waals surface area (Å²) in [4.78, 5) is 0. The monoisotopic (exact) mass is 251 g/mol. The Morgan fingerprint density at radius 1 is 1.44 bits per heavy atom. The number of aromatic hydroxyl groups is 1. The SMILES string of the molecule is CC(C)(CCO)CNC1COc2cc(O)ccc21. The van der Waals surface area contributed by atoms with Crippen molar-refractivity contribution >= 4 is 0 Å². The van der Waals surface area contributed by atoms with E-state index >= 15 is 0 Å². The second-order valence-electron chi connectivity index (χ2n) is 5.60. The molecular formula is C14H21NO3. The molecule has 100 valence electrons. The predicted molar refractivity (Wildman–Crippen MR) is 69.8 cm³/mol. The van der Waals surface area contributed by atoms with Crippen LogP contribution in [0.15, 0.2) is 18.2 Å². The van der Waals surface area contributed by atoms with Gasteiger partial charge in [-0.25, -0.2) is 0 Å². The summed E-state index contributed by atoms with van der Waals surface area (Å²) in [6.45, 7) is 5.88. The molecule has 1 aromatic carbocycles. The third kappa shape index (κ3) is 2.94. The van der Waals surface area contributed by atoms with E-state index < -0.39 is 0 Å². The first-order chi connectivity index (χ1) is 8.52. The van der Waals surface area contributed by atoms with Crippen LogP contribution in [0.3, 0.4) is 0 Å². The van der Waals surface area contributed by atoms with E-state index in [4.69, 9.17) is 9.84 Å². The molecule has 1 unspecified atom stereocenters. The lowest BCUT2D eigenvalue weighted by Crippen LogP contribution is -2.33. The molecule has 1 heterocycles. The number of nitrogens with one attached hydrogen (secondary N) is 1. The molecule has 0 bridgehead atoms. The van der Waals surface area contributed by atoms with Gasteiger partial charge in [0.2, 0.25) is 0 Å². The van der Waals surface area contributed by atoms with Gasteiger partial charge >= 0.3 is 0 Å². The Morgan fingerprint density at radius 2 is 2.22 bits per heavy atom. The number of aliphatic hydroxyl groups excluding tert-OH is 1. The minimum atomic E-state index is 0.0639. The molecule has 0 saturated heterocycles. The minimum absolute atomic E-state index is 0.0639. The summed E-state index contributed by atoms with van der Waals surface area (Å²) in [5, 5.41) is 21.9. The highest BCUT2D eigenvalue weighted by molar-refractivity contribution is 5.44. The summed E-state index contributed by atoms with van der Waals surface area (Å²) in [6, 6.07) is 5.39. The van der Waals surface area contributed by atoms with Gasteiger partial charge < -0.3 is 20.3 Å². The Hall–Kier alpha value is -1.26. The topological polar surface area (TPSA) is 61.7 Å². The summed E-state index contributed by atoms with van der Waals surface area (Å²) in [7, 11) is 0. The van der Waals surface area contributed by atoms with Crippen LogP contribution in [-0.4, -0.2) is 30.0 Å². The first kappa shape index (κ1) is 13.2. The predicted octanol–water partition coefficient (Wildman–Crippen LogP) is 1.82. The van der Waals surface area contributed by atoms with Crippen LogP contribution >= 0.6 is 0 Å². The van der Waals surface area contributed by atoms with Crippen LogP contribution in [0.4, 0.5) is 0 Å². The maximum absolute atomic E-state index is 9.38. The van der Waals surface area contributed by atoms with Crippen LogP contribution in [0, 0.1) is 5.41 Å². The van der Waals surface area contributed by atoms with Crippen molar-refractivity contribution in [3.05, 3.63) is 23.8 Å². The second kappa shape index (κ2) is 5.16. The number of fused-ring (bicyclic) bond motifs is 1. The molecule has 18 heavy (non-hydrogen) atoms. The van der Waals surface area contributed by atoms with E-state index in [1.54, 1.807) is 12.1 Å². The summed E-state index contributed by atoms with van der Waals surface area (Å²) >= 11 is 0. The van der Waals surface area contributed by atoms with Crippen molar-refractivity contribution in [2.75, 3.05) is 19.8 Å². The lowest BCUT2D eigenvalue weighted by molar-refractivity contribution is 0.198. The number of phenolic OH excluding ortho intramolecular Hbond substituents is 1. The van der Waals surface area contributed by atoms with Crippen molar-refractivity contribution < 1.29 is 14.9 Å². The molecule has 0 radical (unpaired) electrons. The maximum atomic E-state index is 9.38. The van der Waals surface area contributed by atoms with E-state index in [0.29, 0.717) is 6.61 Å². The molecule has 0 aliphatic carbocycles. The standard InChI is InChI=1S/C14H21NO3/c1-14(2,5-6-16)9-15-12-8-18-13-7-10(17)3-4-11(12)13/h3-4,7,12,15-17H,5-6,8-9H2,1-2H3. The molecule has 1 aliphatic heterocycles. The highest BCUT2D eigenvalue weighted by Crippen LogP contribution is 2.35. The lowest BCUT2D eigenvalue weighted by Gasteiger charge is -2.26. The van der Waals surface area contributed by atoms with Crippen LogP contribution in [0.25, 0.3) is 0 Å². The van der Waals surface area contributed by atoms with Crippen LogP contribution in [0.1, 0.15) is 31.9 Å².